The first-order valence-electron chi connectivity index (χ1n) is 10.5. The fourth-order valence-electron chi connectivity index (χ4n) is 4.35. The number of hydrogen-bond donors (Lipinski definition) is 2. The maximum Gasteiger partial charge on any atom is 0.412 e. The zero-order chi connectivity index (χ0) is 23.1. The molecule has 2 aromatic rings. The van der Waals surface area contributed by atoms with E-state index in [4.69, 9.17) is 9.47 Å². The van der Waals surface area contributed by atoms with Gasteiger partial charge in [0.1, 0.15) is 24.2 Å². The molecule has 3 heterocycles. The Balaban J connectivity index is 1.23. The molecule has 2 aromatic carbocycles. The van der Waals surface area contributed by atoms with E-state index in [9.17, 15) is 23.6 Å². The molecule has 0 aliphatic carbocycles. The second-order valence-electron chi connectivity index (χ2n) is 8.13. The van der Waals surface area contributed by atoms with Crippen LogP contribution in [0.3, 0.4) is 0 Å². The van der Waals surface area contributed by atoms with Crippen molar-refractivity contribution in [1.29, 1.82) is 0 Å². The molecule has 170 valence electrons. The number of benzene rings is 2. The molecule has 3 aliphatic heterocycles. The molecule has 1 fully saturated rings. The van der Waals surface area contributed by atoms with Crippen LogP contribution in [0.2, 0.25) is 0 Å². The number of imide groups is 1. The third kappa shape index (κ3) is 3.99. The Morgan fingerprint density at radius 1 is 1.18 bits per heavy atom. The maximum absolute atomic E-state index is 13.8. The molecule has 0 spiro atoms. The van der Waals surface area contributed by atoms with Crippen molar-refractivity contribution in [2.45, 2.75) is 38.5 Å². The summed E-state index contributed by atoms with van der Waals surface area (Å²) in [6.07, 6.45) is 0.254. The molecule has 33 heavy (non-hydrogen) atoms. The number of rotatable bonds is 4. The van der Waals surface area contributed by atoms with Gasteiger partial charge in [0.25, 0.3) is 5.91 Å². The van der Waals surface area contributed by atoms with Gasteiger partial charge >= 0.3 is 6.09 Å². The van der Waals surface area contributed by atoms with Gasteiger partial charge in [0.15, 0.2) is 0 Å². The van der Waals surface area contributed by atoms with Crippen LogP contribution in [0.25, 0.3) is 0 Å². The predicted octanol–water partition coefficient (Wildman–Crippen LogP) is 2.27. The van der Waals surface area contributed by atoms with Crippen molar-refractivity contribution in [3.05, 3.63) is 58.4 Å². The van der Waals surface area contributed by atoms with E-state index >= 15 is 0 Å². The standard InChI is InChI=1S/C23H20FN3O6/c24-15-8-13-5-6-32-20(13)17(9-15)25-23(31)33-11-12-1-2-14-10-27(22(30)16(14)7-12)18-3-4-19(28)26-21(18)29/h1-2,7-9,18H,3-6,10-11H2,(H,25,31)(H,26,28,29). The van der Waals surface area contributed by atoms with Gasteiger partial charge in [0, 0.05) is 36.6 Å². The fraction of sp³-hybridized carbons (Fsp3) is 0.304. The number of fused-ring (bicyclic) bond motifs is 2. The third-order valence-electron chi connectivity index (χ3n) is 5.95. The zero-order valence-electron chi connectivity index (χ0n) is 17.5. The summed E-state index contributed by atoms with van der Waals surface area (Å²) in [5.74, 6) is -1.16. The number of anilines is 1. The molecule has 2 N–H and O–H groups in total. The molecule has 1 saturated heterocycles. The van der Waals surface area contributed by atoms with Crippen LogP contribution in [0.1, 0.15) is 39.9 Å². The molecule has 1 atom stereocenters. The summed E-state index contributed by atoms with van der Waals surface area (Å²) >= 11 is 0. The molecule has 0 bridgehead atoms. The lowest BCUT2D eigenvalue weighted by Gasteiger charge is -2.29. The number of nitrogens with one attached hydrogen (secondary N) is 2. The van der Waals surface area contributed by atoms with Crippen LogP contribution < -0.4 is 15.4 Å². The highest BCUT2D eigenvalue weighted by Crippen LogP contribution is 2.35. The average Bonchev–Trinajstić information content (AvgIpc) is 3.37. The number of ether oxygens (including phenoxy) is 2. The third-order valence-corrected chi connectivity index (χ3v) is 5.95. The SMILES string of the molecule is O=C1CCC(N2Cc3ccc(COC(=O)Nc4cc(F)cc5c4OCC5)cc3C2=O)C(=O)N1. The van der Waals surface area contributed by atoms with E-state index in [1.165, 1.54) is 17.0 Å². The Bertz CT molecular complexity index is 1200. The molecular weight excluding hydrogens is 433 g/mol. The normalized spacial score (nSPS) is 19.0. The zero-order valence-corrected chi connectivity index (χ0v) is 17.5. The highest BCUT2D eigenvalue weighted by Gasteiger charge is 2.39. The largest absolute Gasteiger partial charge is 0.491 e. The molecule has 5 rings (SSSR count). The molecule has 4 amide bonds. The Hall–Kier alpha value is -3.95. The summed E-state index contributed by atoms with van der Waals surface area (Å²) in [7, 11) is 0. The maximum atomic E-state index is 13.8. The minimum atomic E-state index is -0.782. The van der Waals surface area contributed by atoms with Crippen LogP contribution in [0, 0.1) is 5.82 Å². The van der Waals surface area contributed by atoms with Crippen molar-refractivity contribution in [3.8, 4) is 5.75 Å². The lowest BCUT2D eigenvalue weighted by Crippen LogP contribution is -2.52. The number of halogens is 1. The predicted molar refractivity (Wildman–Crippen MR) is 112 cm³/mol. The van der Waals surface area contributed by atoms with Gasteiger partial charge in [-0.25, -0.2) is 9.18 Å². The first-order valence-corrected chi connectivity index (χ1v) is 10.5. The Kier molecular flexibility index (Phi) is 5.20. The van der Waals surface area contributed by atoms with Crippen molar-refractivity contribution in [3.63, 3.8) is 0 Å². The monoisotopic (exact) mass is 453 g/mol. The van der Waals surface area contributed by atoms with E-state index in [0.29, 0.717) is 35.5 Å². The number of carbonyl (C=O) groups excluding carboxylic acids is 4. The number of carbonyl (C=O) groups is 4. The van der Waals surface area contributed by atoms with Crippen LogP contribution in [0.4, 0.5) is 14.9 Å². The molecular formula is C23H20FN3O6. The number of piperidine rings is 1. The minimum absolute atomic E-state index is 0.108. The van der Waals surface area contributed by atoms with E-state index in [-0.39, 0.29) is 43.5 Å². The second-order valence-corrected chi connectivity index (χ2v) is 8.13. The smallest absolute Gasteiger partial charge is 0.412 e. The fourth-order valence-corrected chi connectivity index (χ4v) is 4.35. The highest BCUT2D eigenvalue weighted by atomic mass is 19.1. The molecule has 0 radical (unpaired) electrons. The summed E-state index contributed by atoms with van der Waals surface area (Å²) < 4.78 is 24.5. The van der Waals surface area contributed by atoms with Crippen molar-refractivity contribution in [2.75, 3.05) is 11.9 Å². The topological polar surface area (TPSA) is 114 Å². The van der Waals surface area contributed by atoms with E-state index in [2.05, 4.69) is 10.6 Å². The molecule has 1 unspecified atom stereocenters. The number of hydrogen-bond acceptors (Lipinski definition) is 6. The summed E-state index contributed by atoms with van der Waals surface area (Å²) in [4.78, 5) is 50.1. The van der Waals surface area contributed by atoms with Crippen molar-refractivity contribution in [2.24, 2.45) is 0 Å². The Labute approximate surface area is 187 Å². The van der Waals surface area contributed by atoms with Crippen LogP contribution in [-0.2, 0) is 33.9 Å². The van der Waals surface area contributed by atoms with Crippen molar-refractivity contribution < 1.29 is 33.0 Å². The quantitative estimate of drug-likeness (QED) is 0.687. The van der Waals surface area contributed by atoms with Gasteiger partial charge in [-0.1, -0.05) is 12.1 Å². The van der Waals surface area contributed by atoms with Crippen LogP contribution in [-0.4, -0.2) is 41.4 Å². The van der Waals surface area contributed by atoms with E-state index in [1.54, 1.807) is 18.2 Å². The lowest BCUT2D eigenvalue weighted by molar-refractivity contribution is -0.136. The van der Waals surface area contributed by atoms with E-state index in [1.807, 2.05) is 0 Å². The Morgan fingerprint density at radius 3 is 2.85 bits per heavy atom. The van der Waals surface area contributed by atoms with Gasteiger partial charge in [0.2, 0.25) is 11.8 Å². The van der Waals surface area contributed by atoms with Gasteiger partial charge < -0.3 is 14.4 Å². The summed E-state index contributed by atoms with van der Waals surface area (Å²) in [6, 6.07) is 6.96. The average molecular weight is 453 g/mol. The molecule has 0 saturated carbocycles. The summed E-state index contributed by atoms with van der Waals surface area (Å²) in [5, 5.41) is 4.77. The molecule has 0 aromatic heterocycles. The number of nitrogens with zero attached hydrogens (tertiary/aromatic N) is 1. The van der Waals surface area contributed by atoms with Crippen molar-refractivity contribution >= 4 is 29.5 Å². The summed E-state index contributed by atoms with van der Waals surface area (Å²) in [6.45, 7) is 0.581. The van der Waals surface area contributed by atoms with Crippen molar-refractivity contribution in [1.82, 2.24) is 10.2 Å². The van der Waals surface area contributed by atoms with E-state index < -0.39 is 23.9 Å². The summed E-state index contributed by atoms with van der Waals surface area (Å²) in [5.41, 5.74) is 2.66. The second kappa shape index (κ2) is 8.19. The van der Waals surface area contributed by atoms with Crippen LogP contribution in [0.5, 0.6) is 5.75 Å². The molecule has 10 heteroatoms. The van der Waals surface area contributed by atoms with Gasteiger partial charge in [0.05, 0.1) is 12.3 Å². The van der Waals surface area contributed by atoms with Gasteiger partial charge in [-0.15, -0.1) is 0 Å². The van der Waals surface area contributed by atoms with Crippen LogP contribution >= 0.6 is 0 Å². The molecule has 9 nitrogen and oxygen atoms in total. The number of amides is 4. The van der Waals surface area contributed by atoms with Crippen LogP contribution in [0.15, 0.2) is 30.3 Å². The molecule has 3 aliphatic rings. The Morgan fingerprint density at radius 2 is 2.03 bits per heavy atom. The lowest BCUT2D eigenvalue weighted by atomic mass is 10.0. The van der Waals surface area contributed by atoms with Gasteiger partial charge in [-0.2, -0.15) is 0 Å². The van der Waals surface area contributed by atoms with Gasteiger partial charge in [-0.3, -0.25) is 25.0 Å². The van der Waals surface area contributed by atoms with E-state index in [0.717, 1.165) is 5.56 Å². The first kappa shape index (κ1) is 20.9. The minimum Gasteiger partial charge on any atom is -0.491 e. The highest BCUT2D eigenvalue weighted by molar-refractivity contribution is 6.05. The first-order chi connectivity index (χ1) is 15.9. The van der Waals surface area contributed by atoms with Gasteiger partial charge in [-0.05, 0) is 29.7 Å².